The van der Waals surface area contributed by atoms with Crippen molar-refractivity contribution in [2.75, 3.05) is 13.0 Å². The van der Waals surface area contributed by atoms with Crippen LogP contribution in [0.2, 0.25) is 0 Å². The van der Waals surface area contributed by atoms with E-state index in [4.69, 9.17) is 16.3 Å². The van der Waals surface area contributed by atoms with Gasteiger partial charge in [0.15, 0.2) is 0 Å². The molecule has 0 aliphatic rings. The second kappa shape index (κ2) is 7.48. The summed E-state index contributed by atoms with van der Waals surface area (Å²) in [5.41, 5.74) is 2.38. The number of ether oxygens (including phenoxy) is 1. The summed E-state index contributed by atoms with van der Waals surface area (Å²) < 4.78 is 7.58. The minimum atomic E-state index is 0.246. The first kappa shape index (κ1) is 15.9. The van der Waals surface area contributed by atoms with Gasteiger partial charge in [-0.3, -0.25) is 0 Å². The lowest BCUT2D eigenvalue weighted by Gasteiger charge is -2.18. The molecule has 1 nitrogen and oxygen atoms in total. The molecular formula is C16H15Br2ClO. The first-order valence-electron chi connectivity index (χ1n) is 6.28. The molecule has 0 spiro atoms. The SMILES string of the molecule is COc1ccc(Br)cc1CC(CCl)c1ccccc1Br. The lowest BCUT2D eigenvalue weighted by atomic mass is 9.93. The van der Waals surface area contributed by atoms with Crippen molar-refractivity contribution in [1.82, 2.24) is 0 Å². The fraction of sp³-hybridized carbons (Fsp3) is 0.250. The lowest BCUT2D eigenvalue weighted by Crippen LogP contribution is -2.07. The van der Waals surface area contributed by atoms with Crippen LogP contribution in [0.5, 0.6) is 5.75 Å². The van der Waals surface area contributed by atoms with Crippen molar-refractivity contribution in [3.8, 4) is 5.75 Å². The van der Waals surface area contributed by atoms with Gasteiger partial charge in [-0.25, -0.2) is 0 Å². The minimum Gasteiger partial charge on any atom is -0.496 e. The Kier molecular flexibility index (Phi) is 5.94. The van der Waals surface area contributed by atoms with Gasteiger partial charge in [0.1, 0.15) is 5.75 Å². The van der Waals surface area contributed by atoms with E-state index in [2.05, 4.69) is 44.0 Å². The summed E-state index contributed by atoms with van der Waals surface area (Å²) >= 11 is 13.3. The Morgan fingerprint density at radius 3 is 2.55 bits per heavy atom. The average molecular weight is 419 g/mol. The monoisotopic (exact) mass is 416 g/mol. The zero-order valence-electron chi connectivity index (χ0n) is 11.1. The van der Waals surface area contributed by atoms with Crippen LogP contribution in [0, 0.1) is 0 Å². The molecule has 0 heterocycles. The van der Waals surface area contributed by atoms with Crippen LogP contribution >= 0.6 is 43.5 Å². The van der Waals surface area contributed by atoms with Gasteiger partial charge >= 0.3 is 0 Å². The number of methoxy groups -OCH3 is 1. The Labute approximate surface area is 141 Å². The highest BCUT2D eigenvalue weighted by Crippen LogP contribution is 2.32. The first-order valence-corrected chi connectivity index (χ1v) is 8.40. The lowest BCUT2D eigenvalue weighted by molar-refractivity contribution is 0.408. The fourth-order valence-electron chi connectivity index (χ4n) is 2.23. The molecule has 0 saturated heterocycles. The Hall–Kier alpha value is -0.510. The van der Waals surface area contributed by atoms with Gasteiger partial charge in [-0.1, -0.05) is 50.1 Å². The van der Waals surface area contributed by atoms with Gasteiger partial charge in [-0.05, 0) is 41.8 Å². The van der Waals surface area contributed by atoms with Crippen LogP contribution in [0.15, 0.2) is 51.4 Å². The van der Waals surface area contributed by atoms with Crippen LogP contribution in [0.25, 0.3) is 0 Å². The molecule has 2 rings (SSSR count). The zero-order chi connectivity index (χ0) is 14.5. The Balaban J connectivity index is 2.31. The summed E-state index contributed by atoms with van der Waals surface area (Å²) in [5.74, 6) is 1.71. The van der Waals surface area contributed by atoms with Crippen molar-refractivity contribution in [1.29, 1.82) is 0 Å². The Morgan fingerprint density at radius 2 is 1.90 bits per heavy atom. The molecular weight excluding hydrogens is 403 g/mol. The molecule has 0 fully saturated rings. The van der Waals surface area contributed by atoms with Crippen LogP contribution < -0.4 is 4.74 Å². The highest BCUT2D eigenvalue weighted by molar-refractivity contribution is 9.10. The van der Waals surface area contributed by atoms with E-state index in [0.717, 1.165) is 26.7 Å². The zero-order valence-corrected chi connectivity index (χ0v) is 15.0. The minimum absolute atomic E-state index is 0.246. The summed E-state index contributed by atoms with van der Waals surface area (Å²) in [6.45, 7) is 0. The van der Waals surface area contributed by atoms with E-state index in [1.165, 1.54) is 5.56 Å². The second-order valence-corrected chi connectivity index (χ2v) is 6.61. The number of benzene rings is 2. The number of hydrogen-bond donors (Lipinski definition) is 0. The standard InChI is InChI=1S/C16H15Br2ClO/c1-20-16-7-6-13(17)9-11(16)8-12(10-19)14-4-2-3-5-15(14)18/h2-7,9,12H,8,10H2,1H3. The number of halogens is 3. The highest BCUT2D eigenvalue weighted by Gasteiger charge is 2.16. The van der Waals surface area contributed by atoms with E-state index in [1.807, 2.05) is 30.3 Å². The third-order valence-electron chi connectivity index (χ3n) is 3.24. The van der Waals surface area contributed by atoms with Gasteiger partial charge in [0.25, 0.3) is 0 Å². The van der Waals surface area contributed by atoms with Crippen LogP contribution in [-0.2, 0) is 6.42 Å². The van der Waals surface area contributed by atoms with Gasteiger partial charge in [-0.15, -0.1) is 11.6 Å². The van der Waals surface area contributed by atoms with Gasteiger partial charge in [-0.2, -0.15) is 0 Å². The molecule has 0 aliphatic carbocycles. The predicted octanol–water partition coefficient (Wildman–Crippen LogP) is 5.79. The summed E-state index contributed by atoms with van der Waals surface area (Å²) in [6.07, 6.45) is 0.842. The molecule has 0 aromatic heterocycles. The molecule has 1 atom stereocenters. The maximum Gasteiger partial charge on any atom is 0.122 e. The molecule has 1 unspecified atom stereocenters. The van der Waals surface area contributed by atoms with Crippen LogP contribution in [-0.4, -0.2) is 13.0 Å². The van der Waals surface area contributed by atoms with E-state index >= 15 is 0 Å². The number of alkyl halides is 1. The first-order chi connectivity index (χ1) is 9.65. The molecule has 106 valence electrons. The van der Waals surface area contributed by atoms with Gasteiger partial charge in [0.05, 0.1) is 7.11 Å². The average Bonchev–Trinajstić information content (AvgIpc) is 2.46. The molecule has 2 aromatic rings. The molecule has 0 saturated carbocycles. The normalized spacial score (nSPS) is 12.2. The maximum atomic E-state index is 6.19. The number of hydrogen-bond acceptors (Lipinski definition) is 1. The topological polar surface area (TPSA) is 9.23 Å². The Bertz CT molecular complexity index is 586. The van der Waals surface area contributed by atoms with Crippen molar-refractivity contribution in [3.63, 3.8) is 0 Å². The van der Waals surface area contributed by atoms with Gasteiger partial charge in [0, 0.05) is 20.7 Å². The van der Waals surface area contributed by atoms with Crippen molar-refractivity contribution < 1.29 is 4.74 Å². The molecule has 0 N–H and O–H groups in total. The Morgan fingerprint density at radius 1 is 1.15 bits per heavy atom. The summed E-state index contributed by atoms with van der Waals surface area (Å²) in [4.78, 5) is 0. The van der Waals surface area contributed by atoms with E-state index in [-0.39, 0.29) is 5.92 Å². The van der Waals surface area contributed by atoms with Crippen molar-refractivity contribution in [2.45, 2.75) is 12.3 Å². The molecule has 0 aliphatic heterocycles. The molecule has 2 aromatic carbocycles. The highest BCUT2D eigenvalue weighted by atomic mass is 79.9. The van der Waals surface area contributed by atoms with E-state index in [1.54, 1.807) is 7.11 Å². The smallest absolute Gasteiger partial charge is 0.122 e. The third kappa shape index (κ3) is 3.78. The largest absolute Gasteiger partial charge is 0.496 e. The van der Waals surface area contributed by atoms with E-state index < -0.39 is 0 Å². The van der Waals surface area contributed by atoms with E-state index in [0.29, 0.717) is 5.88 Å². The molecule has 4 heteroatoms. The van der Waals surface area contributed by atoms with Crippen molar-refractivity contribution in [3.05, 3.63) is 62.5 Å². The predicted molar refractivity (Wildman–Crippen MR) is 92.0 cm³/mol. The third-order valence-corrected chi connectivity index (χ3v) is 4.83. The van der Waals surface area contributed by atoms with Crippen LogP contribution in [0.3, 0.4) is 0 Å². The fourth-order valence-corrected chi connectivity index (χ4v) is 3.52. The van der Waals surface area contributed by atoms with Crippen molar-refractivity contribution >= 4 is 43.5 Å². The maximum absolute atomic E-state index is 6.19. The van der Waals surface area contributed by atoms with Gasteiger partial charge < -0.3 is 4.74 Å². The van der Waals surface area contributed by atoms with Crippen LogP contribution in [0.4, 0.5) is 0 Å². The van der Waals surface area contributed by atoms with Gasteiger partial charge in [0.2, 0.25) is 0 Å². The summed E-state index contributed by atoms with van der Waals surface area (Å²) in [5, 5.41) is 0. The van der Waals surface area contributed by atoms with Crippen LogP contribution in [0.1, 0.15) is 17.0 Å². The molecule has 0 amide bonds. The van der Waals surface area contributed by atoms with E-state index in [9.17, 15) is 0 Å². The molecule has 0 radical (unpaired) electrons. The second-order valence-electron chi connectivity index (χ2n) is 4.53. The quantitative estimate of drug-likeness (QED) is 0.559. The number of rotatable bonds is 5. The summed E-state index contributed by atoms with van der Waals surface area (Å²) in [7, 11) is 1.70. The molecule has 20 heavy (non-hydrogen) atoms. The molecule has 0 bridgehead atoms. The summed E-state index contributed by atoms with van der Waals surface area (Å²) in [6, 6.07) is 14.3. The van der Waals surface area contributed by atoms with Crippen molar-refractivity contribution in [2.24, 2.45) is 0 Å².